The average Bonchev–Trinajstić information content (AvgIpc) is 3.16. The molecule has 0 N–H and O–H groups in total. The zero-order chi connectivity index (χ0) is 14.5. The number of fused-ring (bicyclic) bond motifs is 2. The minimum Gasteiger partial charge on any atom is -0.495 e. The number of ether oxygens (including phenoxy) is 1. The van der Waals surface area contributed by atoms with Crippen molar-refractivity contribution in [2.24, 2.45) is 0 Å². The predicted molar refractivity (Wildman–Crippen MR) is 83.0 cm³/mol. The Morgan fingerprint density at radius 2 is 2.00 bits per heavy atom. The van der Waals surface area contributed by atoms with Crippen molar-refractivity contribution in [1.82, 2.24) is 0 Å². The fourth-order valence-corrected chi connectivity index (χ4v) is 4.64. The first-order valence-corrected chi connectivity index (χ1v) is 9.37. The topological polar surface area (TPSA) is 46.6 Å². The van der Waals surface area contributed by atoms with Crippen LogP contribution >= 0.6 is 15.9 Å². The third kappa shape index (κ3) is 2.22. The Labute approximate surface area is 128 Å². The van der Waals surface area contributed by atoms with Crippen molar-refractivity contribution in [2.75, 3.05) is 24.2 Å². The maximum atomic E-state index is 12.1. The van der Waals surface area contributed by atoms with Gasteiger partial charge in [-0.3, -0.25) is 4.31 Å². The van der Waals surface area contributed by atoms with E-state index in [9.17, 15) is 8.42 Å². The summed E-state index contributed by atoms with van der Waals surface area (Å²) in [5.74, 6) is 0.676. The van der Waals surface area contributed by atoms with Crippen LogP contribution in [0.3, 0.4) is 0 Å². The molecule has 2 aliphatic rings. The molecule has 0 aromatic heterocycles. The molecule has 1 heterocycles. The number of nitrogens with zero attached hydrogens (tertiary/aromatic N) is 1. The molecular formula is C14H18BrNO3S. The van der Waals surface area contributed by atoms with Crippen molar-refractivity contribution in [1.29, 1.82) is 0 Å². The highest BCUT2D eigenvalue weighted by molar-refractivity contribution is 9.10. The Hall–Kier alpha value is -0.750. The van der Waals surface area contributed by atoms with Gasteiger partial charge in [-0.25, -0.2) is 8.42 Å². The van der Waals surface area contributed by atoms with Crippen LogP contribution in [0.1, 0.15) is 31.2 Å². The first kappa shape index (κ1) is 14.2. The molecule has 110 valence electrons. The lowest BCUT2D eigenvalue weighted by atomic mass is 9.91. The molecule has 1 saturated carbocycles. The standard InChI is InChI=1S/C14H18BrNO3S/c1-19-13-9-12-10(8-11(13)15)14(5-6-14)4-3-7-16(12)20(2,17)18/h8-9H,3-7H2,1-2H3. The molecule has 0 radical (unpaired) electrons. The monoisotopic (exact) mass is 359 g/mol. The molecule has 1 aliphatic heterocycles. The number of hydrogen-bond donors (Lipinski definition) is 0. The summed E-state index contributed by atoms with van der Waals surface area (Å²) in [6.45, 7) is 0.554. The first-order chi connectivity index (χ1) is 9.37. The number of rotatable bonds is 2. The SMILES string of the molecule is COc1cc2c(cc1Br)C1(CCCN2S(C)(=O)=O)CC1. The Balaban J connectivity index is 2.23. The van der Waals surface area contributed by atoms with E-state index in [1.807, 2.05) is 12.1 Å². The molecule has 1 aromatic rings. The molecule has 1 fully saturated rings. The van der Waals surface area contributed by atoms with E-state index < -0.39 is 10.0 Å². The Kier molecular flexibility index (Phi) is 3.29. The number of sulfonamides is 1. The molecule has 1 aromatic carbocycles. The largest absolute Gasteiger partial charge is 0.495 e. The van der Waals surface area contributed by atoms with Gasteiger partial charge in [0.2, 0.25) is 10.0 Å². The normalized spacial score (nSPS) is 20.4. The molecule has 0 saturated heterocycles. The highest BCUT2D eigenvalue weighted by Gasteiger charge is 2.48. The summed E-state index contributed by atoms with van der Waals surface area (Å²) in [6, 6.07) is 3.90. The van der Waals surface area contributed by atoms with Crippen LogP contribution in [-0.4, -0.2) is 28.3 Å². The van der Waals surface area contributed by atoms with Gasteiger partial charge in [-0.2, -0.15) is 0 Å². The number of anilines is 1. The highest BCUT2D eigenvalue weighted by atomic mass is 79.9. The van der Waals surface area contributed by atoms with Gasteiger partial charge in [-0.05, 0) is 58.7 Å². The highest BCUT2D eigenvalue weighted by Crippen LogP contribution is 2.57. The van der Waals surface area contributed by atoms with E-state index in [2.05, 4.69) is 15.9 Å². The second-order valence-corrected chi connectivity index (χ2v) is 8.48. The number of benzene rings is 1. The number of hydrogen-bond acceptors (Lipinski definition) is 3. The molecule has 0 atom stereocenters. The van der Waals surface area contributed by atoms with Gasteiger partial charge in [0.25, 0.3) is 0 Å². The van der Waals surface area contributed by atoms with Gasteiger partial charge in [-0.1, -0.05) is 0 Å². The molecule has 0 amide bonds. The first-order valence-electron chi connectivity index (χ1n) is 6.73. The summed E-state index contributed by atoms with van der Waals surface area (Å²) in [6.07, 6.45) is 5.54. The zero-order valence-electron chi connectivity index (χ0n) is 11.6. The maximum Gasteiger partial charge on any atom is 0.232 e. The van der Waals surface area contributed by atoms with Crippen molar-refractivity contribution in [3.63, 3.8) is 0 Å². The Morgan fingerprint density at radius 1 is 1.30 bits per heavy atom. The zero-order valence-corrected chi connectivity index (χ0v) is 14.1. The van der Waals surface area contributed by atoms with Crippen LogP contribution in [0, 0.1) is 0 Å². The maximum absolute atomic E-state index is 12.1. The molecule has 3 rings (SSSR count). The summed E-state index contributed by atoms with van der Waals surface area (Å²) >= 11 is 3.52. The second-order valence-electron chi connectivity index (χ2n) is 5.72. The van der Waals surface area contributed by atoms with Crippen molar-refractivity contribution in [3.05, 3.63) is 22.2 Å². The summed E-state index contributed by atoms with van der Waals surface area (Å²) in [5, 5.41) is 0. The molecule has 4 nitrogen and oxygen atoms in total. The van der Waals surface area contributed by atoms with Crippen LogP contribution in [0.4, 0.5) is 5.69 Å². The molecular weight excluding hydrogens is 342 g/mol. The van der Waals surface area contributed by atoms with Crippen LogP contribution in [0.25, 0.3) is 0 Å². The molecule has 20 heavy (non-hydrogen) atoms. The lowest BCUT2D eigenvalue weighted by Crippen LogP contribution is -2.30. The van der Waals surface area contributed by atoms with Crippen molar-refractivity contribution >= 4 is 31.6 Å². The van der Waals surface area contributed by atoms with Crippen molar-refractivity contribution < 1.29 is 13.2 Å². The number of halogens is 1. The van der Waals surface area contributed by atoms with Crippen LogP contribution in [-0.2, 0) is 15.4 Å². The van der Waals surface area contributed by atoms with E-state index >= 15 is 0 Å². The summed E-state index contributed by atoms with van der Waals surface area (Å²) in [7, 11) is -1.66. The minimum absolute atomic E-state index is 0.184. The van der Waals surface area contributed by atoms with Crippen LogP contribution in [0.15, 0.2) is 16.6 Å². The third-order valence-corrected chi connectivity index (χ3v) is 6.18. The lowest BCUT2D eigenvalue weighted by molar-refractivity contribution is 0.412. The van der Waals surface area contributed by atoms with Crippen LogP contribution < -0.4 is 9.04 Å². The van der Waals surface area contributed by atoms with E-state index in [0.717, 1.165) is 41.4 Å². The van der Waals surface area contributed by atoms with E-state index in [1.54, 1.807) is 7.11 Å². The van der Waals surface area contributed by atoms with Crippen LogP contribution in [0.2, 0.25) is 0 Å². The molecule has 0 bridgehead atoms. The molecule has 1 aliphatic carbocycles. The second kappa shape index (κ2) is 4.63. The fraction of sp³-hybridized carbons (Fsp3) is 0.571. The van der Waals surface area contributed by atoms with Crippen molar-refractivity contribution in [2.45, 2.75) is 31.1 Å². The van der Waals surface area contributed by atoms with Gasteiger partial charge in [0.15, 0.2) is 0 Å². The van der Waals surface area contributed by atoms with Gasteiger partial charge in [0, 0.05) is 12.6 Å². The van der Waals surface area contributed by atoms with Crippen molar-refractivity contribution in [3.8, 4) is 5.75 Å². The predicted octanol–water partition coefficient (Wildman–Crippen LogP) is 3.05. The minimum atomic E-state index is -3.26. The Morgan fingerprint density at radius 3 is 2.55 bits per heavy atom. The third-order valence-electron chi connectivity index (χ3n) is 4.38. The van der Waals surface area contributed by atoms with E-state index in [4.69, 9.17) is 4.74 Å². The molecule has 6 heteroatoms. The Bertz CT molecular complexity index is 653. The molecule has 0 unspecified atom stereocenters. The smallest absolute Gasteiger partial charge is 0.232 e. The van der Waals surface area contributed by atoms with Crippen LogP contribution in [0.5, 0.6) is 5.75 Å². The van der Waals surface area contributed by atoms with E-state index in [-0.39, 0.29) is 5.41 Å². The van der Waals surface area contributed by atoms with Gasteiger partial charge in [0.05, 0.1) is 23.5 Å². The quantitative estimate of drug-likeness (QED) is 0.815. The van der Waals surface area contributed by atoms with Gasteiger partial charge < -0.3 is 4.74 Å². The fourth-order valence-electron chi connectivity index (χ4n) is 3.16. The molecule has 1 spiro atoms. The number of methoxy groups -OCH3 is 1. The summed E-state index contributed by atoms with van der Waals surface area (Å²) in [5.41, 5.74) is 2.12. The van der Waals surface area contributed by atoms with Gasteiger partial charge in [0.1, 0.15) is 5.75 Å². The van der Waals surface area contributed by atoms with Gasteiger partial charge in [-0.15, -0.1) is 0 Å². The summed E-state index contributed by atoms with van der Waals surface area (Å²) in [4.78, 5) is 0. The van der Waals surface area contributed by atoms with Gasteiger partial charge >= 0.3 is 0 Å². The van der Waals surface area contributed by atoms with E-state index in [0.29, 0.717) is 12.3 Å². The van der Waals surface area contributed by atoms with E-state index in [1.165, 1.54) is 10.6 Å². The average molecular weight is 360 g/mol. The summed E-state index contributed by atoms with van der Waals surface area (Å²) < 4.78 is 31.9. The lowest BCUT2D eigenvalue weighted by Gasteiger charge is -2.25.